The number of fused-ring (bicyclic) bond motifs is 3. The molecule has 3 aliphatic rings. The van der Waals surface area contributed by atoms with Crippen LogP contribution in [-0.4, -0.2) is 91.2 Å². The Hall–Kier alpha value is -3.44. The number of likely N-dealkylation sites (N-methyl/N-ethyl adjacent to an activating group) is 1. The van der Waals surface area contributed by atoms with Crippen molar-refractivity contribution in [2.24, 2.45) is 29.4 Å². The summed E-state index contributed by atoms with van der Waals surface area (Å²) < 4.78 is 26.9. The van der Waals surface area contributed by atoms with Gasteiger partial charge in [-0.1, -0.05) is 11.8 Å². The number of primary amides is 1. The van der Waals surface area contributed by atoms with Crippen LogP contribution in [0.15, 0.2) is 12.1 Å². The molecule has 3 aliphatic carbocycles. The van der Waals surface area contributed by atoms with E-state index in [4.69, 9.17) is 5.73 Å². The molecule has 38 heavy (non-hydrogen) atoms. The molecule has 2 unspecified atom stereocenters. The second kappa shape index (κ2) is 9.39. The molecule has 0 radical (unpaired) electrons. The number of benzene rings is 1. The minimum Gasteiger partial charge on any atom is -0.507 e. The van der Waals surface area contributed by atoms with Gasteiger partial charge in [0.05, 0.1) is 23.8 Å². The number of phenols is 1. The number of nitrogens with zero attached hydrogens (tertiary/aromatic N) is 1. The van der Waals surface area contributed by atoms with E-state index in [0.717, 1.165) is 6.26 Å². The number of carbonyl (C=O) groups is 5. The number of hydrogen-bond donors (Lipinski definition) is 3. The van der Waals surface area contributed by atoms with E-state index in [1.807, 2.05) is 0 Å². The Kier molecular flexibility index (Phi) is 6.82. The van der Waals surface area contributed by atoms with Crippen molar-refractivity contribution in [3.8, 4) is 17.6 Å². The van der Waals surface area contributed by atoms with Gasteiger partial charge in [-0.25, -0.2) is 0 Å². The predicted octanol–water partition coefficient (Wildman–Crippen LogP) is -1.81. The third-order valence-electron chi connectivity index (χ3n) is 7.51. The van der Waals surface area contributed by atoms with Crippen LogP contribution < -0.4 is 5.73 Å². The SMILES string of the molecule is CN(C)[C@@H]1C(=O)C(C(N)=O)C(=O)[C@@]2(O)C(=O)C3C(=O)c4c(O)ccc(C#CCOS(C)(=O)=O)c4C[C@H]3C[C@@H]12. The van der Waals surface area contributed by atoms with Crippen LogP contribution in [-0.2, 0) is 39.9 Å². The first-order valence-corrected chi connectivity index (χ1v) is 13.5. The van der Waals surface area contributed by atoms with Crippen LogP contribution in [0.4, 0.5) is 0 Å². The first-order valence-electron chi connectivity index (χ1n) is 11.6. The van der Waals surface area contributed by atoms with Gasteiger partial charge >= 0.3 is 0 Å². The Morgan fingerprint density at radius 3 is 2.45 bits per heavy atom. The number of aliphatic hydroxyl groups is 1. The Labute approximate surface area is 218 Å². The lowest BCUT2D eigenvalue weighted by molar-refractivity contribution is -0.181. The van der Waals surface area contributed by atoms with Crippen molar-refractivity contribution in [1.82, 2.24) is 4.90 Å². The van der Waals surface area contributed by atoms with Crippen molar-refractivity contribution in [2.75, 3.05) is 27.0 Å². The molecule has 2 saturated carbocycles. The number of aromatic hydroxyl groups is 1. The average Bonchev–Trinajstić information content (AvgIpc) is 2.79. The molecule has 0 aliphatic heterocycles. The van der Waals surface area contributed by atoms with E-state index < -0.39 is 86.8 Å². The van der Waals surface area contributed by atoms with Gasteiger partial charge in [0.2, 0.25) is 5.91 Å². The van der Waals surface area contributed by atoms with Crippen LogP contribution in [0.3, 0.4) is 0 Å². The van der Waals surface area contributed by atoms with Crippen molar-refractivity contribution < 1.29 is 46.8 Å². The van der Waals surface area contributed by atoms with E-state index in [2.05, 4.69) is 16.0 Å². The van der Waals surface area contributed by atoms with Crippen molar-refractivity contribution in [2.45, 2.75) is 24.5 Å². The Bertz CT molecular complexity index is 1450. The van der Waals surface area contributed by atoms with Gasteiger partial charge in [0.15, 0.2) is 34.7 Å². The summed E-state index contributed by atoms with van der Waals surface area (Å²) in [6.07, 6.45) is 0.811. The Morgan fingerprint density at radius 1 is 1.21 bits per heavy atom. The highest BCUT2D eigenvalue weighted by atomic mass is 32.2. The minimum atomic E-state index is -3.73. The van der Waals surface area contributed by atoms with Crippen LogP contribution in [0, 0.1) is 35.5 Å². The topological polar surface area (TPSA) is 198 Å². The van der Waals surface area contributed by atoms with Crippen LogP contribution in [0.5, 0.6) is 5.75 Å². The largest absolute Gasteiger partial charge is 0.507 e. The number of carbonyl (C=O) groups excluding carboxylic acids is 5. The molecule has 6 atom stereocenters. The van der Waals surface area contributed by atoms with Crippen molar-refractivity contribution >= 4 is 39.2 Å². The van der Waals surface area contributed by atoms with Gasteiger partial charge in [-0.15, -0.1) is 0 Å². The second-order valence-electron chi connectivity index (χ2n) is 10.0. The van der Waals surface area contributed by atoms with Crippen molar-refractivity contribution in [1.29, 1.82) is 0 Å². The van der Waals surface area contributed by atoms with Crippen LogP contribution >= 0.6 is 0 Å². The van der Waals surface area contributed by atoms with Gasteiger partial charge in [-0.3, -0.25) is 33.1 Å². The minimum absolute atomic E-state index is 0.0389. The molecule has 0 heterocycles. The van der Waals surface area contributed by atoms with E-state index in [0.29, 0.717) is 11.1 Å². The number of rotatable bonds is 4. The maximum absolute atomic E-state index is 13.7. The monoisotopic (exact) mass is 546 g/mol. The molecule has 1 aromatic carbocycles. The number of amides is 1. The Morgan fingerprint density at radius 2 is 1.87 bits per heavy atom. The summed E-state index contributed by atoms with van der Waals surface area (Å²) in [4.78, 5) is 67.1. The summed E-state index contributed by atoms with van der Waals surface area (Å²) in [5.41, 5.74) is 2.90. The molecule has 0 aromatic heterocycles. The molecular formula is C25H26N2O10S. The van der Waals surface area contributed by atoms with E-state index in [-0.39, 0.29) is 18.4 Å². The highest BCUT2D eigenvalue weighted by molar-refractivity contribution is 7.86. The summed E-state index contributed by atoms with van der Waals surface area (Å²) in [5, 5.41) is 22.0. The number of nitrogens with two attached hydrogens (primary N) is 1. The molecule has 202 valence electrons. The first-order chi connectivity index (χ1) is 17.6. The lowest BCUT2D eigenvalue weighted by Crippen LogP contribution is -2.74. The van der Waals surface area contributed by atoms with Gasteiger partial charge in [0.25, 0.3) is 10.1 Å². The third kappa shape index (κ3) is 4.23. The smallest absolute Gasteiger partial charge is 0.265 e. The summed E-state index contributed by atoms with van der Waals surface area (Å²) in [6, 6.07) is 1.43. The van der Waals surface area contributed by atoms with Crippen molar-refractivity contribution in [3.05, 3.63) is 28.8 Å². The number of phenolic OH excluding ortho intramolecular Hbond substituents is 1. The van der Waals surface area contributed by atoms with Gasteiger partial charge < -0.3 is 15.9 Å². The average molecular weight is 547 g/mol. The van der Waals surface area contributed by atoms with Gasteiger partial charge in [-0.05, 0) is 50.6 Å². The fraction of sp³-hybridized carbons (Fsp3) is 0.480. The number of Topliss-reactive ketones (excluding diaryl/α,β-unsaturated/α-hetero) is 4. The van der Waals surface area contributed by atoms with Gasteiger partial charge in [-0.2, -0.15) is 8.42 Å². The van der Waals surface area contributed by atoms with Crippen LogP contribution in [0.1, 0.15) is 27.9 Å². The molecular weight excluding hydrogens is 520 g/mol. The summed E-state index contributed by atoms with van der Waals surface area (Å²) in [6.45, 7) is -0.447. The Balaban J connectivity index is 1.80. The molecule has 0 bridgehead atoms. The molecule has 0 saturated heterocycles. The molecule has 4 rings (SSSR count). The highest BCUT2D eigenvalue weighted by Gasteiger charge is 2.69. The second-order valence-corrected chi connectivity index (χ2v) is 11.7. The fourth-order valence-electron chi connectivity index (χ4n) is 5.99. The van der Waals surface area contributed by atoms with Crippen LogP contribution in [0.2, 0.25) is 0 Å². The first kappa shape index (κ1) is 27.6. The standard InChI is InChI=1S/C25H26N2O10S/c1-27(2)19-14-10-12-9-13-11(5-4-8-37-38(3,35)36)6-7-15(28)17(13)20(29)16(12)22(31)25(14,34)23(32)18(21(19)30)24(26)33/h6-7,12,14,16,18-19,28,34H,8-10H2,1-3H3,(H2,26,33)/t12-,14-,16?,18?,19-,25-/m0/s1. The molecule has 1 amide bonds. The van der Waals surface area contributed by atoms with Crippen molar-refractivity contribution in [3.63, 3.8) is 0 Å². The van der Waals surface area contributed by atoms with E-state index in [9.17, 15) is 42.6 Å². The molecule has 4 N–H and O–H groups in total. The number of ketones is 4. The van der Waals surface area contributed by atoms with Gasteiger partial charge in [0.1, 0.15) is 12.4 Å². The zero-order valence-corrected chi connectivity index (χ0v) is 21.6. The van der Waals surface area contributed by atoms with E-state index >= 15 is 0 Å². The maximum atomic E-state index is 13.7. The maximum Gasteiger partial charge on any atom is 0.265 e. The fourth-order valence-corrected chi connectivity index (χ4v) is 6.26. The molecule has 0 spiro atoms. The quantitative estimate of drug-likeness (QED) is 0.219. The summed E-state index contributed by atoms with van der Waals surface area (Å²) in [5.74, 6) is -6.17. The zero-order valence-electron chi connectivity index (χ0n) is 20.8. The number of hydrogen-bond acceptors (Lipinski definition) is 11. The molecule has 2 fully saturated rings. The molecule has 1 aromatic rings. The highest BCUT2D eigenvalue weighted by Crippen LogP contribution is 2.50. The van der Waals surface area contributed by atoms with Crippen LogP contribution in [0.25, 0.3) is 0 Å². The molecule has 12 nitrogen and oxygen atoms in total. The predicted molar refractivity (Wildman–Crippen MR) is 129 cm³/mol. The lowest BCUT2D eigenvalue weighted by Gasteiger charge is -2.52. The zero-order chi connectivity index (χ0) is 28.3. The summed E-state index contributed by atoms with van der Waals surface area (Å²) >= 11 is 0. The summed E-state index contributed by atoms with van der Waals surface area (Å²) in [7, 11) is -0.729. The van der Waals surface area contributed by atoms with E-state index in [1.165, 1.54) is 31.1 Å². The van der Waals surface area contributed by atoms with Gasteiger partial charge in [0, 0.05) is 11.5 Å². The van der Waals surface area contributed by atoms with E-state index in [1.54, 1.807) is 0 Å². The third-order valence-corrected chi connectivity index (χ3v) is 8.06. The normalized spacial score (nSPS) is 30.7. The molecule has 13 heteroatoms. The lowest BCUT2D eigenvalue weighted by atomic mass is 9.52.